The molecule has 0 saturated heterocycles. The van der Waals surface area contributed by atoms with Gasteiger partial charge in [0.15, 0.2) is 0 Å². The summed E-state index contributed by atoms with van der Waals surface area (Å²) in [7, 11) is 0. The summed E-state index contributed by atoms with van der Waals surface area (Å²) in [6.45, 7) is 11.9. The minimum absolute atomic E-state index is 0.000443. The minimum atomic E-state index is -1.16. The van der Waals surface area contributed by atoms with Crippen LogP contribution in [0, 0.1) is 17.8 Å². The number of nitrogens with two attached hydrogens (primary N) is 2. The summed E-state index contributed by atoms with van der Waals surface area (Å²) in [4.78, 5) is 73.2. The highest BCUT2D eigenvalue weighted by Crippen LogP contribution is 2.09. The fraction of sp³-hybridized carbons (Fsp3) is 0.739. The van der Waals surface area contributed by atoms with Crippen LogP contribution in [0.2, 0.25) is 0 Å². The van der Waals surface area contributed by atoms with Crippen LogP contribution in [0.1, 0.15) is 61.3 Å². The zero-order valence-corrected chi connectivity index (χ0v) is 21.8. The first-order chi connectivity index (χ1) is 16.1. The number of Topliss-reactive ketones (excluding diaryl/α,β-unsaturated/α-hetero) is 1. The van der Waals surface area contributed by atoms with Crippen LogP contribution in [0.4, 0.5) is 0 Å². The zero-order chi connectivity index (χ0) is 27.5. The van der Waals surface area contributed by atoms with Gasteiger partial charge in [0.05, 0.1) is 18.6 Å². The monoisotopic (exact) mass is 498 g/mol. The number of hydrogen-bond donors (Lipinski definition) is 6. The number of ketones is 1. The Hall–Kier alpha value is -3.02. The van der Waals surface area contributed by atoms with Gasteiger partial charge in [-0.3, -0.25) is 28.8 Å². The van der Waals surface area contributed by atoms with Crippen molar-refractivity contribution in [3.05, 3.63) is 0 Å². The Bertz CT molecular complexity index is 780. The molecule has 35 heavy (non-hydrogen) atoms. The van der Waals surface area contributed by atoms with Crippen molar-refractivity contribution in [3.63, 3.8) is 0 Å². The van der Waals surface area contributed by atoms with E-state index in [4.69, 9.17) is 11.5 Å². The van der Waals surface area contributed by atoms with Gasteiger partial charge in [-0.15, -0.1) is 0 Å². The second-order valence-electron chi connectivity index (χ2n) is 9.91. The van der Waals surface area contributed by atoms with Crippen LogP contribution in [0.15, 0.2) is 0 Å². The summed E-state index contributed by atoms with van der Waals surface area (Å²) in [5, 5.41) is 10.1. The summed E-state index contributed by atoms with van der Waals surface area (Å²) < 4.78 is 0. The molecule has 0 bridgehead atoms. The summed E-state index contributed by atoms with van der Waals surface area (Å²) in [6.07, 6.45) is 0.485. The van der Waals surface area contributed by atoms with Crippen LogP contribution >= 0.6 is 0 Å². The summed E-state index contributed by atoms with van der Waals surface area (Å²) in [5.41, 5.74) is 10.6. The second kappa shape index (κ2) is 15.1. The summed E-state index contributed by atoms with van der Waals surface area (Å²) in [5.74, 6) is -4.66. The van der Waals surface area contributed by atoms with Gasteiger partial charge in [-0.25, -0.2) is 0 Å². The SMILES string of the molecule is CC(C)C[C@H](NC(=O)[C@@H](NC(=O)[C@H](C)N)C(C)C)C(=O)NCC(=O)N[C@@H](CC(C)C)C(=O)C(N)=O. The van der Waals surface area contributed by atoms with Gasteiger partial charge >= 0.3 is 0 Å². The van der Waals surface area contributed by atoms with E-state index in [2.05, 4.69) is 21.3 Å². The Kier molecular flexibility index (Phi) is 13.8. The van der Waals surface area contributed by atoms with Gasteiger partial charge in [-0.05, 0) is 37.5 Å². The van der Waals surface area contributed by atoms with Crippen molar-refractivity contribution in [2.45, 2.75) is 85.5 Å². The smallest absolute Gasteiger partial charge is 0.287 e. The Morgan fingerprint density at radius 1 is 0.686 bits per heavy atom. The Morgan fingerprint density at radius 3 is 1.63 bits per heavy atom. The molecule has 0 aromatic heterocycles. The Balaban J connectivity index is 5.28. The molecule has 0 fully saturated rings. The van der Waals surface area contributed by atoms with Crippen molar-refractivity contribution >= 4 is 35.3 Å². The maximum Gasteiger partial charge on any atom is 0.287 e. The van der Waals surface area contributed by atoms with Crippen LogP contribution < -0.4 is 32.7 Å². The Labute approximate surface area is 207 Å². The van der Waals surface area contributed by atoms with Gasteiger partial charge in [-0.1, -0.05) is 41.5 Å². The van der Waals surface area contributed by atoms with Gasteiger partial charge in [-0.2, -0.15) is 0 Å². The van der Waals surface area contributed by atoms with E-state index in [-0.39, 0.29) is 30.6 Å². The van der Waals surface area contributed by atoms with E-state index < -0.39 is 66.0 Å². The fourth-order valence-electron chi connectivity index (χ4n) is 3.19. The first-order valence-corrected chi connectivity index (χ1v) is 11.8. The highest BCUT2D eigenvalue weighted by Gasteiger charge is 2.30. The molecule has 12 heteroatoms. The molecule has 0 aromatic rings. The molecule has 8 N–H and O–H groups in total. The Morgan fingerprint density at radius 2 is 1.20 bits per heavy atom. The topological polar surface area (TPSA) is 203 Å². The van der Waals surface area contributed by atoms with Crippen LogP contribution in [0.5, 0.6) is 0 Å². The van der Waals surface area contributed by atoms with Crippen LogP contribution in [0.3, 0.4) is 0 Å². The van der Waals surface area contributed by atoms with E-state index in [9.17, 15) is 28.8 Å². The highest BCUT2D eigenvalue weighted by atomic mass is 16.2. The van der Waals surface area contributed by atoms with Crippen molar-refractivity contribution in [1.29, 1.82) is 0 Å². The van der Waals surface area contributed by atoms with E-state index in [0.717, 1.165) is 0 Å². The molecule has 0 heterocycles. The van der Waals surface area contributed by atoms with Crippen molar-refractivity contribution in [3.8, 4) is 0 Å². The molecule has 12 nitrogen and oxygen atoms in total. The predicted molar refractivity (Wildman–Crippen MR) is 130 cm³/mol. The number of carbonyl (C=O) groups is 6. The normalized spacial score (nSPS) is 14.6. The van der Waals surface area contributed by atoms with Crippen molar-refractivity contribution < 1.29 is 28.8 Å². The first kappa shape index (κ1) is 32.0. The molecule has 0 aliphatic heterocycles. The second-order valence-corrected chi connectivity index (χ2v) is 9.91. The van der Waals surface area contributed by atoms with E-state index in [1.54, 1.807) is 13.8 Å². The maximum absolute atomic E-state index is 12.9. The lowest BCUT2D eigenvalue weighted by Gasteiger charge is -2.26. The molecule has 200 valence electrons. The number of primary amides is 1. The molecule has 0 unspecified atom stereocenters. The number of amides is 5. The van der Waals surface area contributed by atoms with Crippen molar-refractivity contribution in [2.75, 3.05) is 6.54 Å². The van der Waals surface area contributed by atoms with E-state index in [1.807, 2.05) is 27.7 Å². The molecule has 0 aromatic carbocycles. The average molecular weight is 499 g/mol. The van der Waals surface area contributed by atoms with E-state index in [0.29, 0.717) is 0 Å². The van der Waals surface area contributed by atoms with Crippen LogP contribution in [-0.4, -0.2) is 66.0 Å². The summed E-state index contributed by atoms with van der Waals surface area (Å²) >= 11 is 0. The third-order valence-electron chi connectivity index (χ3n) is 5.03. The van der Waals surface area contributed by atoms with Crippen molar-refractivity contribution in [2.24, 2.45) is 29.2 Å². The van der Waals surface area contributed by atoms with Gasteiger partial charge in [0.25, 0.3) is 5.91 Å². The minimum Gasteiger partial charge on any atom is -0.363 e. The third kappa shape index (κ3) is 12.3. The molecular formula is C23H42N6O6. The van der Waals surface area contributed by atoms with E-state index in [1.165, 1.54) is 6.92 Å². The van der Waals surface area contributed by atoms with Crippen LogP contribution in [-0.2, 0) is 28.8 Å². The molecule has 0 aliphatic rings. The maximum atomic E-state index is 12.9. The lowest BCUT2D eigenvalue weighted by Crippen LogP contribution is -2.58. The van der Waals surface area contributed by atoms with E-state index >= 15 is 0 Å². The zero-order valence-electron chi connectivity index (χ0n) is 21.8. The molecule has 0 spiro atoms. The molecule has 0 aliphatic carbocycles. The highest BCUT2D eigenvalue weighted by molar-refractivity contribution is 6.37. The molecule has 0 rings (SSSR count). The number of rotatable bonds is 15. The van der Waals surface area contributed by atoms with Gasteiger partial charge in [0.1, 0.15) is 12.1 Å². The lowest BCUT2D eigenvalue weighted by atomic mass is 9.99. The largest absolute Gasteiger partial charge is 0.363 e. The molecule has 5 amide bonds. The van der Waals surface area contributed by atoms with Gasteiger partial charge in [0, 0.05) is 0 Å². The lowest BCUT2D eigenvalue weighted by molar-refractivity contribution is -0.138. The molecule has 0 saturated carbocycles. The number of carbonyl (C=O) groups excluding carboxylic acids is 6. The van der Waals surface area contributed by atoms with Crippen molar-refractivity contribution in [1.82, 2.24) is 21.3 Å². The number of hydrogen-bond acceptors (Lipinski definition) is 7. The summed E-state index contributed by atoms with van der Waals surface area (Å²) in [6, 6.07) is -3.78. The van der Waals surface area contributed by atoms with Crippen LogP contribution in [0.25, 0.3) is 0 Å². The molecular weight excluding hydrogens is 456 g/mol. The molecule has 0 radical (unpaired) electrons. The third-order valence-corrected chi connectivity index (χ3v) is 5.03. The fourth-order valence-corrected chi connectivity index (χ4v) is 3.19. The quantitative estimate of drug-likeness (QED) is 0.151. The average Bonchev–Trinajstić information content (AvgIpc) is 2.72. The van der Waals surface area contributed by atoms with Gasteiger partial charge < -0.3 is 32.7 Å². The molecule has 4 atom stereocenters. The predicted octanol–water partition coefficient (Wildman–Crippen LogP) is -1.29. The number of nitrogens with one attached hydrogen (secondary N) is 4. The first-order valence-electron chi connectivity index (χ1n) is 11.8. The standard InChI is InChI=1S/C23H42N6O6/c1-11(2)8-15(19(31)20(25)32)27-17(30)10-26-22(34)16(9-12(3)4)28-23(35)18(13(5)6)29-21(33)14(7)24/h11-16,18H,8-10,24H2,1-7H3,(H2,25,32)(H,26,34)(H,27,30)(H,28,35)(H,29,33)/t14-,15-,16-,18-/m0/s1. The van der Waals surface area contributed by atoms with Gasteiger partial charge in [0.2, 0.25) is 29.4 Å².